The average Bonchev–Trinajstić information content (AvgIpc) is 2.86. The summed E-state index contributed by atoms with van der Waals surface area (Å²) in [6, 6.07) is 15.8. The second kappa shape index (κ2) is 10.8. The Kier molecular flexibility index (Phi) is 7.35. The molecule has 1 amide bonds. The van der Waals surface area contributed by atoms with Gasteiger partial charge in [0.15, 0.2) is 5.49 Å². The number of aryl methyl sites for hydroxylation is 1. The molecule has 9 nitrogen and oxygen atoms in total. The first-order chi connectivity index (χ1) is 17.0. The molecule has 180 valence electrons. The van der Waals surface area contributed by atoms with Crippen LogP contribution < -0.4 is 15.8 Å². The van der Waals surface area contributed by atoms with E-state index in [-0.39, 0.29) is 41.6 Å². The summed E-state index contributed by atoms with van der Waals surface area (Å²) >= 11 is 0. The number of hydrogen-bond acceptors (Lipinski definition) is 6. The summed E-state index contributed by atoms with van der Waals surface area (Å²) in [5.74, 6) is -0.479. The number of ether oxygens (including phenoxy) is 2. The van der Waals surface area contributed by atoms with Crippen molar-refractivity contribution in [3.05, 3.63) is 82.2 Å². The first-order valence-corrected chi connectivity index (χ1v) is 11.5. The van der Waals surface area contributed by atoms with Crippen molar-refractivity contribution in [2.24, 2.45) is 4.99 Å². The van der Waals surface area contributed by atoms with Gasteiger partial charge in [-0.05, 0) is 43.7 Å². The van der Waals surface area contributed by atoms with Crippen molar-refractivity contribution in [1.29, 1.82) is 0 Å². The van der Waals surface area contributed by atoms with Gasteiger partial charge < -0.3 is 14.0 Å². The molecule has 0 unspecified atom stereocenters. The molecule has 0 bridgehead atoms. The molecule has 35 heavy (non-hydrogen) atoms. The van der Waals surface area contributed by atoms with E-state index in [4.69, 9.17) is 9.47 Å². The highest BCUT2D eigenvalue weighted by molar-refractivity contribution is 5.93. The number of benzene rings is 1. The van der Waals surface area contributed by atoms with Gasteiger partial charge >= 0.3 is 5.97 Å². The molecular weight excluding hydrogens is 448 g/mol. The molecule has 0 radical (unpaired) electrons. The lowest BCUT2D eigenvalue weighted by Gasteiger charge is -2.14. The van der Waals surface area contributed by atoms with Crippen LogP contribution in [0.25, 0.3) is 16.7 Å². The third kappa shape index (κ3) is 5.13. The summed E-state index contributed by atoms with van der Waals surface area (Å²) in [7, 11) is 0. The predicted molar refractivity (Wildman–Crippen MR) is 130 cm³/mol. The topological polar surface area (TPSA) is 104 Å². The SMILES string of the molecule is CCCn1c(=NC(=O)CCOc2ccccc2)c(C(=O)OCC)cc2c(=O)n3ccccc3nc21. The highest BCUT2D eigenvalue weighted by atomic mass is 16.5. The van der Waals surface area contributed by atoms with Gasteiger partial charge in [0.05, 0.1) is 25.0 Å². The number of carbonyl (C=O) groups excluding carboxylic acids is 2. The van der Waals surface area contributed by atoms with E-state index in [2.05, 4.69) is 9.98 Å². The lowest BCUT2D eigenvalue weighted by molar-refractivity contribution is -0.118. The van der Waals surface area contributed by atoms with Crippen LogP contribution in [0.15, 0.2) is 70.6 Å². The van der Waals surface area contributed by atoms with Crippen LogP contribution >= 0.6 is 0 Å². The second-order valence-electron chi connectivity index (χ2n) is 7.75. The molecule has 4 aromatic rings. The van der Waals surface area contributed by atoms with Crippen LogP contribution in [0.2, 0.25) is 0 Å². The maximum Gasteiger partial charge on any atom is 0.341 e. The molecule has 1 aromatic carbocycles. The first-order valence-electron chi connectivity index (χ1n) is 11.5. The average molecular weight is 475 g/mol. The molecule has 0 aliphatic heterocycles. The Morgan fingerprint density at radius 3 is 2.57 bits per heavy atom. The van der Waals surface area contributed by atoms with Gasteiger partial charge in [-0.1, -0.05) is 31.2 Å². The van der Waals surface area contributed by atoms with E-state index in [1.165, 1.54) is 10.5 Å². The standard InChI is InChI=1S/C26H26N4O5/c1-3-14-30-23-19(25(32)29-15-9-8-12-21(29)27-23)17-20(26(33)34-4-2)24(30)28-22(31)13-16-35-18-10-6-5-7-11-18/h5-12,15,17H,3-4,13-14,16H2,1-2H3. The molecule has 0 aliphatic carbocycles. The molecule has 0 aliphatic rings. The zero-order chi connectivity index (χ0) is 24.8. The van der Waals surface area contributed by atoms with Crippen molar-refractivity contribution >= 4 is 28.6 Å². The minimum atomic E-state index is -0.663. The Balaban J connectivity index is 1.85. The van der Waals surface area contributed by atoms with Crippen molar-refractivity contribution in [1.82, 2.24) is 14.0 Å². The number of pyridine rings is 2. The zero-order valence-corrected chi connectivity index (χ0v) is 19.6. The van der Waals surface area contributed by atoms with Crippen LogP contribution in [-0.4, -0.2) is 39.0 Å². The van der Waals surface area contributed by atoms with E-state index in [0.717, 1.165) is 0 Å². The normalized spacial score (nSPS) is 11.7. The fourth-order valence-corrected chi connectivity index (χ4v) is 3.74. The molecule has 3 heterocycles. The van der Waals surface area contributed by atoms with Crippen molar-refractivity contribution in [3.8, 4) is 5.75 Å². The van der Waals surface area contributed by atoms with Crippen LogP contribution in [0.5, 0.6) is 5.75 Å². The molecule has 0 atom stereocenters. The van der Waals surface area contributed by atoms with Gasteiger partial charge in [-0.2, -0.15) is 4.99 Å². The molecular formula is C26H26N4O5. The highest BCUT2D eigenvalue weighted by Crippen LogP contribution is 2.12. The number of esters is 1. The van der Waals surface area contributed by atoms with E-state index in [0.29, 0.717) is 30.0 Å². The van der Waals surface area contributed by atoms with Gasteiger partial charge in [0.25, 0.3) is 11.5 Å². The van der Waals surface area contributed by atoms with Gasteiger partial charge in [-0.15, -0.1) is 0 Å². The Morgan fingerprint density at radius 1 is 1.06 bits per heavy atom. The fourth-order valence-electron chi connectivity index (χ4n) is 3.74. The monoisotopic (exact) mass is 474 g/mol. The molecule has 0 N–H and O–H groups in total. The largest absolute Gasteiger partial charge is 0.493 e. The number of amides is 1. The van der Waals surface area contributed by atoms with Crippen molar-refractivity contribution in [3.63, 3.8) is 0 Å². The van der Waals surface area contributed by atoms with Gasteiger partial charge in [-0.25, -0.2) is 9.78 Å². The molecule has 0 spiro atoms. The molecule has 3 aromatic heterocycles. The number of para-hydroxylation sites is 1. The van der Waals surface area contributed by atoms with E-state index >= 15 is 0 Å². The minimum Gasteiger partial charge on any atom is -0.493 e. The summed E-state index contributed by atoms with van der Waals surface area (Å²) in [5.41, 5.74) is 0.639. The Labute approximate surface area is 201 Å². The van der Waals surface area contributed by atoms with Crippen LogP contribution in [-0.2, 0) is 16.1 Å². The number of rotatable bonds is 8. The van der Waals surface area contributed by atoms with Gasteiger partial charge in [0.2, 0.25) is 0 Å². The van der Waals surface area contributed by atoms with Crippen molar-refractivity contribution in [2.75, 3.05) is 13.2 Å². The van der Waals surface area contributed by atoms with Crippen molar-refractivity contribution in [2.45, 2.75) is 33.2 Å². The summed E-state index contributed by atoms with van der Waals surface area (Å²) in [6.45, 7) is 4.30. The number of aromatic nitrogens is 3. The van der Waals surface area contributed by atoms with Crippen LogP contribution in [0.1, 0.15) is 37.0 Å². The fraction of sp³-hybridized carbons (Fsp3) is 0.269. The van der Waals surface area contributed by atoms with E-state index in [1.807, 2.05) is 25.1 Å². The number of fused-ring (bicyclic) bond motifs is 2. The summed E-state index contributed by atoms with van der Waals surface area (Å²) < 4.78 is 13.9. The summed E-state index contributed by atoms with van der Waals surface area (Å²) in [4.78, 5) is 47.8. The van der Waals surface area contributed by atoms with Gasteiger partial charge in [0, 0.05) is 12.7 Å². The lowest BCUT2D eigenvalue weighted by Crippen LogP contribution is -2.33. The summed E-state index contributed by atoms with van der Waals surface area (Å²) in [5, 5.41) is 0.240. The highest BCUT2D eigenvalue weighted by Gasteiger charge is 2.19. The Morgan fingerprint density at radius 2 is 1.83 bits per heavy atom. The van der Waals surface area contributed by atoms with E-state index in [1.54, 1.807) is 48.0 Å². The zero-order valence-electron chi connectivity index (χ0n) is 19.6. The number of hydrogen-bond donors (Lipinski definition) is 0. The maximum absolute atomic E-state index is 13.2. The summed E-state index contributed by atoms with van der Waals surface area (Å²) in [6.07, 6.45) is 2.29. The van der Waals surface area contributed by atoms with E-state index in [9.17, 15) is 14.4 Å². The third-order valence-electron chi connectivity index (χ3n) is 5.29. The molecule has 0 fully saturated rings. The first kappa shape index (κ1) is 23.9. The Bertz CT molecular complexity index is 1510. The lowest BCUT2D eigenvalue weighted by atomic mass is 10.2. The molecule has 0 saturated heterocycles. The third-order valence-corrected chi connectivity index (χ3v) is 5.29. The van der Waals surface area contributed by atoms with Crippen molar-refractivity contribution < 1.29 is 19.1 Å². The maximum atomic E-state index is 13.2. The molecule has 0 saturated carbocycles. The van der Waals surface area contributed by atoms with Crippen LogP contribution in [0.3, 0.4) is 0 Å². The molecule has 9 heteroatoms. The van der Waals surface area contributed by atoms with Gasteiger partial charge in [-0.3, -0.25) is 14.0 Å². The predicted octanol–water partition coefficient (Wildman–Crippen LogP) is 3.13. The van der Waals surface area contributed by atoms with Gasteiger partial charge in [0.1, 0.15) is 22.6 Å². The smallest absolute Gasteiger partial charge is 0.341 e. The second-order valence-corrected chi connectivity index (χ2v) is 7.75. The number of nitrogens with zero attached hydrogens (tertiary/aromatic N) is 4. The minimum absolute atomic E-state index is 0.00906. The number of carbonyl (C=O) groups is 2. The van der Waals surface area contributed by atoms with Crippen LogP contribution in [0.4, 0.5) is 0 Å². The van der Waals surface area contributed by atoms with Crippen LogP contribution in [0, 0.1) is 0 Å². The van der Waals surface area contributed by atoms with E-state index < -0.39 is 11.9 Å². The molecule has 4 rings (SSSR count). The quantitative estimate of drug-likeness (QED) is 0.287. The Hall–Kier alpha value is -4.27.